The summed E-state index contributed by atoms with van der Waals surface area (Å²) >= 11 is 0. The Labute approximate surface area is 88.7 Å². The Morgan fingerprint density at radius 3 is 2.60 bits per heavy atom. The first-order chi connectivity index (χ1) is 7.36. The van der Waals surface area contributed by atoms with Gasteiger partial charge in [-0.1, -0.05) is 35.5 Å². The molecule has 2 rings (SSSR count). The molecule has 0 saturated heterocycles. The average Bonchev–Trinajstić information content (AvgIpc) is 2.72. The maximum Gasteiger partial charge on any atom is 0.104 e. The van der Waals surface area contributed by atoms with Gasteiger partial charge < -0.3 is 5.73 Å². The van der Waals surface area contributed by atoms with E-state index in [0.29, 0.717) is 6.54 Å². The highest BCUT2D eigenvalue weighted by Gasteiger charge is 2.11. The van der Waals surface area contributed by atoms with Crippen molar-refractivity contribution < 1.29 is 0 Å². The lowest BCUT2D eigenvalue weighted by Crippen LogP contribution is -2.02. The van der Waals surface area contributed by atoms with Crippen molar-refractivity contribution >= 4 is 0 Å². The van der Waals surface area contributed by atoms with Gasteiger partial charge in [0.25, 0.3) is 0 Å². The molecule has 78 valence electrons. The van der Waals surface area contributed by atoms with Crippen molar-refractivity contribution in [2.24, 2.45) is 5.73 Å². The average molecular weight is 202 g/mol. The number of nitrogens with two attached hydrogens (primary N) is 1. The van der Waals surface area contributed by atoms with Crippen LogP contribution in [0.1, 0.15) is 12.6 Å². The summed E-state index contributed by atoms with van der Waals surface area (Å²) in [5.41, 5.74) is 8.63. The van der Waals surface area contributed by atoms with Gasteiger partial charge in [-0.25, -0.2) is 4.68 Å². The second-order valence-electron chi connectivity index (χ2n) is 3.27. The van der Waals surface area contributed by atoms with Crippen LogP contribution in [-0.2, 0) is 13.1 Å². The van der Waals surface area contributed by atoms with Gasteiger partial charge in [-0.15, -0.1) is 5.10 Å². The minimum atomic E-state index is 0.421. The van der Waals surface area contributed by atoms with Gasteiger partial charge in [0, 0.05) is 18.7 Å². The van der Waals surface area contributed by atoms with E-state index < -0.39 is 0 Å². The Balaban J connectivity index is 2.55. The SMILES string of the molecule is CCn1nnc(CN)c1-c1ccccc1. The van der Waals surface area contributed by atoms with Crippen molar-refractivity contribution in [2.45, 2.75) is 20.0 Å². The second kappa shape index (κ2) is 4.23. The Morgan fingerprint density at radius 1 is 1.27 bits per heavy atom. The molecule has 0 spiro atoms. The van der Waals surface area contributed by atoms with Crippen molar-refractivity contribution in [1.82, 2.24) is 15.0 Å². The van der Waals surface area contributed by atoms with Gasteiger partial charge in [-0.05, 0) is 6.92 Å². The quantitative estimate of drug-likeness (QED) is 0.819. The molecule has 15 heavy (non-hydrogen) atoms. The zero-order valence-corrected chi connectivity index (χ0v) is 8.72. The molecule has 0 aliphatic carbocycles. The molecule has 0 saturated carbocycles. The topological polar surface area (TPSA) is 56.7 Å². The van der Waals surface area contributed by atoms with Crippen molar-refractivity contribution in [1.29, 1.82) is 0 Å². The fraction of sp³-hybridized carbons (Fsp3) is 0.273. The maximum atomic E-state index is 5.64. The summed E-state index contributed by atoms with van der Waals surface area (Å²) in [4.78, 5) is 0. The van der Waals surface area contributed by atoms with Crippen LogP contribution in [0.2, 0.25) is 0 Å². The predicted octanol–water partition coefficient (Wildman–Crippen LogP) is 1.42. The van der Waals surface area contributed by atoms with E-state index in [0.717, 1.165) is 23.5 Å². The van der Waals surface area contributed by atoms with Crippen LogP contribution in [0.3, 0.4) is 0 Å². The highest BCUT2D eigenvalue weighted by atomic mass is 15.4. The zero-order chi connectivity index (χ0) is 10.7. The fourth-order valence-corrected chi connectivity index (χ4v) is 1.62. The van der Waals surface area contributed by atoms with Crippen LogP contribution in [0.15, 0.2) is 30.3 Å². The number of aromatic nitrogens is 3. The van der Waals surface area contributed by atoms with Crippen molar-refractivity contribution in [2.75, 3.05) is 0 Å². The molecule has 4 nitrogen and oxygen atoms in total. The molecule has 0 bridgehead atoms. The summed E-state index contributed by atoms with van der Waals surface area (Å²) in [5, 5.41) is 8.14. The standard InChI is InChI=1S/C11H14N4/c1-2-15-11(10(8-12)13-14-15)9-6-4-3-5-7-9/h3-7H,2,8,12H2,1H3. The fourth-order valence-electron chi connectivity index (χ4n) is 1.62. The van der Waals surface area contributed by atoms with Crippen molar-refractivity contribution in [3.63, 3.8) is 0 Å². The highest BCUT2D eigenvalue weighted by molar-refractivity contribution is 5.61. The monoisotopic (exact) mass is 202 g/mol. The number of hydrogen-bond acceptors (Lipinski definition) is 3. The van der Waals surface area contributed by atoms with Gasteiger partial charge >= 0.3 is 0 Å². The maximum absolute atomic E-state index is 5.64. The van der Waals surface area contributed by atoms with E-state index in [1.165, 1.54) is 0 Å². The van der Waals surface area contributed by atoms with E-state index in [4.69, 9.17) is 5.73 Å². The molecule has 1 heterocycles. The van der Waals surface area contributed by atoms with E-state index >= 15 is 0 Å². The number of benzene rings is 1. The van der Waals surface area contributed by atoms with E-state index in [1.54, 1.807) is 0 Å². The first-order valence-corrected chi connectivity index (χ1v) is 5.04. The molecule has 0 amide bonds. The van der Waals surface area contributed by atoms with Gasteiger partial charge in [-0.3, -0.25) is 0 Å². The lowest BCUT2D eigenvalue weighted by Gasteiger charge is -2.04. The van der Waals surface area contributed by atoms with Crippen LogP contribution in [0.25, 0.3) is 11.3 Å². The van der Waals surface area contributed by atoms with E-state index in [2.05, 4.69) is 10.3 Å². The Kier molecular flexibility index (Phi) is 2.78. The summed E-state index contributed by atoms with van der Waals surface area (Å²) in [7, 11) is 0. The normalized spacial score (nSPS) is 10.5. The highest BCUT2D eigenvalue weighted by Crippen LogP contribution is 2.21. The molecule has 0 radical (unpaired) electrons. The van der Waals surface area contributed by atoms with Crippen molar-refractivity contribution in [3.8, 4) is 11.3 Å². The van der Waals surface area contributed by atoms with Crippen LogP contribution in [0.4, 0.5) is 0 Å². The molecule has 1 aromatic heterocycles. The van der Waals surface area contributed by atoms with Crippen LogP contribution >= 0.6 is 0 Å². The summed E-state index contributed by atoms with van der Waals surface area (Å²) in [6.07, 6.45) is 0. The lowest BCUT2D eigenvalue weighted by molar-refractivity contribution is 0.632. The van der Waals surface area contributed by atoms with Gasteiger partial charge in [0.1, 0.15) is 5.69 Å². The van der Waals surface area contributed by atoms with E-state index in [1.807, 2.05) is 41.9 Å². The van der Waals surface area contributed by atoms with Gasteiger partial charge in [0.2, 0.25) is 0 Å². The third kappa shape index (κ3) is 1.76. The third-order valence-corrected chi connectivity index (χ3v) is 2.34. The summed E-state index contributed by atoms with van der Waals surface area (Å²) < 4.78 is 1.87. The Hall–Kier alpha value is -1.68. The Bertz CT molecular complexity index is 412. The lowest BCUT2D eigenvalue weighted by atomic mass is 10.1. The molecule has 2 aromatic rings. The molecule has 2 N–H and O–H groups in total. The number of rotatable bonds is 3. The number of hydrogen-bond donors (Lipinski definition) is 1. The molecule has 1 aromatic carbocycles. The summed E-state index contributed by atoms with van der Waals surface area (Å²) in [6.45, 7) is 3.27. The van der Waals surface area contributed by atoms with Crippen LogP contribution in [-0.4, -0.2) is 15.0 Å². The van der Waals surface area contributed by atoms with Crippen molar-refractivity contribution in [3.05, 3.63) is 36.0 Å². The zero-order valence-electron chi connectivity index (χ0n) is 8.72. The summed E-state index contributed by atoms with van der Waals surface area (Å²) in [6, 6.07) is 10.1. The first kappa shape index (κ1) is 9.86. The van der Waals surface area contributed by atoms with Gasteiger partial charge in [0.15, 0.2) is 0 Å². The molecule has 0 aliphatic rings. The van der Waals surface area contributed by atoms with Crippen LogP contribution < -0.4 is 5.73 Å². The minimum absolute atomic E-state index is 0.421. The molecule has 0 fully saturated rings. The van der Waals surface area contributed by atoms with Gasteiger partial charge in [-0.2, -0.15) is 0 Å². The molecular weight excluding hydrogens is 188 g/mol. The molecule has 4 heteroatoms. The van der Waals surface area contributed by atoms with Gasteiger partial charge in [0.05, 0.1) is 5.69 Å². The van der Waals surface area contributed by atoms with E-state index in [-0.39, 0.29) is 0 Å². The first-order valence-electron chi connectivity index (χ1n) is 5.04. The van der Waals surface area contributed by atoms with Crippen LogP contribution in [0, 0.1) is 0 Å². The predicted molar refractivity (Wildman–Crippen MR) is 59.0 cm³/mol. The Morgan fingerprint density at radius 2 is 2.00 bits per heavy atom. The third-order valence-electron chi connectivity index (χ3n) is 2.34. The summed E-state index contributed by atoms with van der Waals surface area (Å²) in [5.74, 6) is 0. The molecule has 0 atom stereocenters. The minimum Gasteiger partial charge on any atom is -0.325 e. The molecular formula is C11H14N4. The van der Waals surface area contributed by atoms with Crippen LogP contribution in [0.5, 0.6) is 0 Å². The number of aryl methyl sites for hydroxylation is 1. The number of nitrogens with zero attached hydrogens (tertiary/aromatic N) is 3. The smallest absolute Gasteiger partial charge is 0.104 e. The largest absolute Gasteiger partial charge is 0.325 e. The molecule has 0 aliphatic heterocycles. The second-order valence-corrected chi connectivity index (χ2v) is 3.27. The molecule has 0 unspecified atom stereocenters. The van der Waals surface area contributed by atoms with E-state index in [9.17, 15) is 0 Å².